The van der Waals surface area contributed by atoms with E-state index in [1.165, 1.54) is 11.2 Å². The van der Waals surface area contributed by atoms with Gasteiger partial charge in [-0.3, -0.25) is 10.2 Å². The number of urea groups is 1. The van der Waals surface area contributed by atoms with Crippen LogP contribution in [0.5, 0.6) is 0 Å². The van der Waals surface area contributed by atoms with E-state index in [0.29, 0.717) is 5.56 Å². The minimum atomic E-state index is -0.410. The van der Waals surface area contributed by atoms with E-state index >= 15 is 0 Å². The van der Waals surface area contributed by atoms with Gasteiger partial charge in [-0.25, -0.2) is 19.9 Å². The maximum Gasteiger partial charge on any atom is 0.336 e. The summed E-state index contributed by atoms with van der Waals surface area (Å²) in [4.78, 5) is 29.8. The van der Waals surface area contributed by atoms with Gasteiger partial charge in [-0.2, -0.15) is 5.10 Å². The number of carbonyl (C=O) groups is 2. The van der Waals surface area contributed by atoms with Crippen LogP contribution in [0, 0.1) is 0 Å². The second kappa shape index (κ2) is 8.13. The average molecular weight is 364 g/mol. The van der Waals surface area contributed by atoms with Gasteiger partial charge in [0.25, 0.3) is 5.91 Å². The van der Waals surface area contributed by atoms with Crippen molar-refractivity contribution in [2.24, 2.45) is 0 Å². The zero-order chi connectivity index (χ0) is 19.2. The van der Waals surface area contributed by atoms with Gasteiger partial charge in [0.2, 0.25) is 0 Å². The number of nitrogens with one attached hydrogen (secondary N) is 2. The summed E-state index contributed by atoms with van der Waals surface area (Å²) >= 11 is 0. The number of nitrogens with zero attached hydrogens (tertiary/aromatic N) is 4. The lowest BCUT2D eigenvalue weighted by Gasteiger charge is -2.25. The topological polar surface area (TPSA) is 92.2 Å². The lowest BCUT2D eigenvalue weighted by Crippen LogP contribution is -2.48. The van der Waals surface area contributed by atoms with E-state index in [2.05, 4.69) is 20.9 Å². The molecule has 0 bridgehead atoms. The average Bonchev–Trinajstić information content (AvgIpc) is 3.26. The molecule has 1 aromatic heterocycles. The van der Waals surface area contributed by atoms with Gasteiger partial charge in [-0.15, -0.1) is 0 Å². The molecule has 0 aliphatic heterocycles. The number of hydrogen-bond acceptors (Lipinski definition) is 4. The molecule has 0 unspecified atom stereocenters. The largest absolute Gasteiger partial charge is 0.336 e. The zero-order valence-electron chi connectivity index (χ0n) is 15.0. The van der Waals surface area contributed by atoms with Gasteiger partial charge in [0, 0.05) is 12.6 Å². The number of hydrogen-bond donors (Lipinski definition) is 2. The molecule has 0 spiro atoms. The Balaban J connectivity index is 1.58. The Kier molecular flexibility index (Phi) is 5.46. The van der Waals surface area contributed by atoms with Gasteiger partial charge >= 0.3 is 6.03 Å². The Labute approximate surface area is 156 Å². The molecule has 1 atom stereocenters. The number of benzene rings is 2. The van der Waals surface area contributed by atoms with E-state index < -0.39 is 6.03 Å². The van der Waals surface area contributed by atoms with Crippen LogP contribution >= 0.6 is 0 Å². The highest BCUT2D eigenvalue weighted by Crippen LogP contribution is 2.20. The molecule has 8 heteroatoms. The Morgan fingerprint density at radius 2 is 1.74 bits per heavy atom. The smallest absolute Gasteiger partial charge is 0.320 e. The second-order valence-corrected chi connectivity index (χ2v) is 5.97. The van der Waals surface area contributed by atoms with E-state index in [9.17, 15) is 9.59 Å². The molecule has 3 amide bonds. The van der Waals surface area contributed by atoms with Gasteiger partial charge < -0.3 is 4.90 Å². The molecule has 8 nitrogen and oxygen atoms in total. The number of amides is 3. The maximum absolute atomic E-state index is 12.3. The van der Waals surface area contributed by atoms with E-state index in [-0.39, 0.29) is 11.9 Å². The quantitative estimate of drug-likeness (QED) is 0.695. The van der Waals surface area contributed by atoms with Gasteiger partial charge in [0.05, 0.1) is 11.7 Å². The summed E-state index contributed by atoms with van der Waals surface area (Å²) < 4.78 is 1.66. The summed E-state index contributed by atoms with van der Waals surface area (Å²) in [6.45, 7) is 1.91. The van der Waals surface area contributed by atoms with Crippen molar-refractivity contribution in [3.05, 3.63) is 78.4 Å². The number of rotatable bonds is 4. The number of carbonyl (C=O) groups excluding carboxylic acids is 2. The van der Waals surface area contributed by atoms with Crippen LogP contribution in [0.2, 0.25) is 0 Å². The van der Waals surface area contributed by atoms with E-state index in [0.717, 1.165) is 11.3 Å². The summed E-state index contributed by atoms with van der Waals surface area (Å²) in [5.74, 6) is -0.373. The fourth-order valence-corrected chi connectivity index (χ4v) is 2.51. The van der Waals surface area contributed by atoms with Crippen LogP contribution in [0.15, 0.2) is 67.3 Å². The molecule has 138 valence electrons. The SMILES string of the molecule is C[C@@H](c1ccc(-n2cncn2)cc1)N(C)C(=O)NNC(=O)c1ccccc1. The molecule has 0 fully saturated rings. The van der Waals surface area contributed by atoms with Crippen LogP contribution in [0.4, 0.5) is 4.79 Å². The lowest BCUT2D eigenvalue weighted by molar-refractivity contribution is 0.0929. The Bertz CT molecular complexity index is 894. The van der Waals surface area contributed by atoms with Crippen LogP contribution in [-0.2, 0) is 0 Å². The van der Waals surface area contributed by atoms with Crippen molar-refractivity contribution in [1.82, 2.24) is 30.5 Å². The molecule has 27 heavy (non-hydrogen) atoms. The van der Waals surface area contributed by atoms with Crippen molar-refractivity contribution in [2.45, 2.75) is 13.0 Å². The van der Waals surface area contributed by atoms with Crippen molar-refractivity contribution in [3.63, 3.8) is 0 Å². The summed E-state index contributed by atoms with van der Waals surface area (Å²) in [7, 11) is 1.67. The molecule has 0 aliphatic rings. The van der Waals surface area contributed by atoms with Crippen molar-refractivity contribution in [1.29, 1.82) is 0 Å². The van der Waals surface area contributed by atoms with Gasteiger partial charge in [0.1, 0.15) is 12.7 Å². The summed E-state index contributed by atoms with van der Waals surface area (Å²) in [5, 5.41) is 4.08. The van der Waals surface area contributed by atoms with Crippen molar-refractivity contribution in [3.8, 4) is 5.69 Å². The Morgan fingerprint density at radius 3 is 2.37 bits per heavy atom. The second-order valence-electron chi connectivity index (χ2n) is 5.97. The van der Waals surface area contributed by atoms with Crippen molar-refractivity contribution in [2.75, 3.05) is 7.05 Å². The third-order valence-electron chi connectivity index (χ3n) is 4.28. The lowest BCUT2D eigenvalue weighted by atomic mass is 10.1. The summed E-state index contributed by atoms with van der Waals surface area (Å²) in [6.07, 6.45) is 3.09. The monoisotopic (exact) mass is 364 g/mol. The third-order valence-corrected chi connectivity index (χ3v) is 4.28. The van der Waals surface area contributed by atoms with Crippen LogP contribution in [-0.4, -0.2) is 38.7 Å². The van der Waals surface area contributed by atoms with E-state index in [1.54, 1.807) is 42.3 Å². The first-order valence-electron chi connectivity index (χ1n) is 8.39. The van der Waals surface area contributed by atoms with E-state index in [4.69, 9.17) is 0 Å². The first kappa shape index (κ1) is 18.1. The molecule has 0 aliphatic carbocycles. The molecule has 0 saturated carbocycles. The number of aromatic nitrogens is 3. The van der Waals surface area contributed by atoms with Crippen LogP contribution < -0.4 is 10.9 Å². The molecule has 2 N–H and O–H groups in total. The highest BCUT2D eigenvalue weighted by molar-refractivity contribution is 5.95. The molecular formula is C19H20N6O2. The maximum atomic E-state index is 12.3. The van der Waals surface area contributed by atoms with Crippen LogP contribution in [0.3, 0.4) is 0 Å². The molecule has 0 radical (unpaired) electrons. The highest BCUT2D eigenvalue weighted by Gasteiger charge is 2.18. The number of hydrazine groups is 1. The molecule has 0 saturated heterocycles. The third kappa shape index (κ3) is 4.30. The fraction of sp³-hybridized carbons (Fsp3) is 0.158. The molecular weight excluding hydrogens is 344 g/mol. The minimum Gasteiger partial charge on any atom is -0.320 e. The Morgan fingerprint density at radius 1 is 1.04 bits per heavy atom. The van der Waals surface area contributed by atoms with Crippen molar-refractivity contribution < 1.29 is 9.59 Å². The van der Waals surface area contributed by atoms with Gasteiger partial charge in [-0.05, 0) is 36.8 Å². The van der Waals surface area contributed by atoms with E-state index in [1.807, 2.05) is 37.3 Å². The highest BCUT2D eigenvalue weighted by atomic mass is 16.2. The summed E-state index contributed by atoms with van der Waals surface area (Å²) in [5.41, 5.74) is 7.14. The van der Waals surface area contributed by atoms with Gasteiger partial charge in [0.15, 0.2) is 0 Å². The first-order chi connectivity index (χ1) is 13.1. The molecule has 1 heterocycles. The van der Waals surface area contributed by atoms with Crippen LogP contribution in [0.25, 0.3) is 5.69 Å². The standard InChI is InChI=1S/C19H20N6O2/c1-14(15-8-10-17(11-9-15)25-13-20-12-21-25)24(2)19(27)23-22-18(26)16-6-4-3-5-7-16/h3-14H,1-2H3,(H,22,26)(H,23,27)/t14-/m0/s1. The predicted molar refractivity (Wildman–Crippen MR) is 100.0 cm³/mol. The first-order valence-corrected chi connectivity index (χ1v) is 8.39. The molecule has 2 aromatic carbocycles. The van der Waals surface area contributed by atoms with Crippen molar-refractivity contribution >= 4 is 11.9 Å². The molecule has 3 rings (SSSR count). The molecule has 3 aromatic rings. The summed E-state index contributed by atoms with van der Waals surface area (Å²) in [6, 6.07) is 15.7. The van der Waals surface area contributed by atoms with Crippen LogP contribution in [0.1, 0.15) is 28.9 Å². The van der Waals surface area contributed by atoms with Gasteiger partial charge in [-0.1, -0.05) is 30.3 Å². The normalized spacial score (nSPS) is 11.5. The Hall–Kier alpha value is -3.68. The minimum absolute atomic E-state index is 0.191. The fourth-order valence-electron chi connectivity index (χ4n) is 2.51. The zero-order valence-corrected chi connectivity index (χ0v) is 15.0. The predicted octanol–water partition coefficient (Wildman–Crippen LogP) is 2.31.